The molecule has 0 spiro atoms. The van der Waals surface area contributed by atoms with Crippen LogP contribution in [0.15, 0.2) is 28.9 Å². The standard InChI is InChI=1S/C10H6BrFN4O3/c11-7-4-8(13)15-10(14-7)19-9-5(12)2-1-3-6(9)16(17)18/h1-4H,(H2,13,14,15). The zero-order valence-corrected chi connectivity index (χ0v) is 10.8. The molecule has 0 bridgehead atoms. The van der Waals surface area contributed by atoms with Gasteiger partial charge in [-0.2, -0.15) is 9.97 Å². The number of halogens is 2. The van der Waals surface area contributed by atoms with Crippen LogP contribution in [0, 0.1) is 15.9 Å². The Kier molecular flexibility index (Phi) is 3.56. The van der Waals surface area contributed by atoms with Crippen LogP contribution in [0.2, 0.25) is 0 Å². The lowest BCUT2D eigenvalue weighted by Crippen LogP contribution is -2.00. The predicted octanol–water partition coefficient (Wildman–Crippen LogP) is 2.66. The van der Waals surface area contributed by atoms with Gasteiger partial charge in [0.15, 0.2) is 5.82 Å². The predicted molar refractivity (Wildman–Crippen MR) is 67.3 cm³/mol. The van der Waals surface area contributed by atoms with Crippen molar-refractivity contribution in [3.63, 3.8) is 0 Å². The maximum atomic E-state index is 13.6. The number of ether oxygens (including phenoxy) is 1. The Labute approximate surface area is 114 Å². The third-order valence-corrected chi connectivity index (χ3v) is 2.44. The number of hydrogen-bond acceptors (Lipinski definition) is 6. The molecular weight excluding hydrogens is 323 g/mol. The summed E-state index contributed by atoms with van der Waals surface area (Å²) in [6.45, 7) is 0. The highest BCUT2D eigenvalue weighted by atomic mass is 79.9. The van der Waals surface area contributed by atoms with E-state index in [2.05, 4.69) is 25.9 Å². The van der Waals surface area contributed by atoms with Gasteiger partial charge in [0.2, 0.25) is 5.75 Å². The summed E-state index contributed by atoms with van der Waals surface area (Å²) in [5.41, 5.74) is 4.93. The molecule has 0 unspecified atom stereocenters. The van der Waals surface area contributed by atoms with Gasteiger partial charge in [-0.05, 0) is 22.0 Å². The number of nitrogens with two attached hydrogens (primary N) is 1. The number of nitro groups is 1. The van der Waals surface area contributed by atoms with Crippen molar-refractivity contribution in [1.82, 2.24) is 9.97 Å². The van der Waals surface area contributed by atoms with Gasteiger partial charge in [0.1, 0.15) is 10.4 Å². The minimum absolute atomic E-state index is 0.0795. The minimum Gasteiger partial charge on any atom is -0.414 e. The number of anilines is 1. The number of hydrogen-bond donors (Lipinski definition) is 1. The fraction of sp³-hybridized carbons (Fsp3) is 0. The van der Waals surface area contributed by atoms with Crippen LogP contribution in [0.1, 0.15) is 0 Å². The molecule has 0 atom stereocenters. The number of nitrogen functional groups attached to an aromatic ring is 1. The topological polar surface area (TPSA) is 104 Å². The van der Waals surface area contributed by atoms with Crippen molar-refractivity contribution in [3.8, 4) is 11.8 Å². The van der Waals surface area contributed by atoms with Crippen LogP contribution in [0.5, 0.6) is 11.8 Å². The lowest BCUT2D eigenvalue weighted by Gasteiger charge is -2.06. The largest absolute Gasteiger partial charge is 0.414 e. The van der Waals surface area contributed by atoms with Crippen LogP contribution in [0.25, 0.3) is 0 Å². The van der Waals surface area contributed by atoms with E-state index >= 15 is 0 Å². The van der Waals surface area contributed by atoms with E-state index < -0.39 is 22.2 Å². The number of nitrogens with zero attached hydrogens (tertiary/aromatic N) is 3. The highest BCUT2D eigenvalue weighted by Crippen LogP contribution is 2.32. The van der Waals surface area contributed by atoms with E-state index in [0.29, 0.717) is 4.60 Å². The third-order valence-electron chi connectivity index (χ3n) is 2.03. The second-order valence-electron chi connectivity index (χ2n) is 3.35. The molecule has 19 heavy (non-hydrogen) atoms. The summed E-state index contributed by atoms with van der Waals surface area (Å²) in [5.74, 6) is -1.38. The summed E-state index contributed by atoms with van der Waals surface area (Å²) >= 11 is 3.05. The molecule has 7 nitrogen and oxygen atoms in total. The molecule has 0 aliphatic carbocycles. The van der Waals surface area contributed by atoms with E-state index in [9.17, 15) is 14.5 Å². The van der Waals surface area contributed by atoms with Gasteiger partial charge in [-0.15, -0.1) is 0 Å². The second-order valence-corrected chi connectivity index (χ2v) is 4.16. The third kappa shape index (κ3) is 2.94. The van der Waals surface area contributed by atoms with Crippen molar-refractivity contribution in [2.45, 2.75) is 0 Å². The average Bonchev–Trinajstić information content (AvgIpc) is 2.30. The monoisotopic (exact) mass is 328 g/mol. The van der Waals surface area contributed by atoms with Gasteiger partial charge in [0, 0.05) is 12.1 Å². The Morgan fingerprint density at radius 3 is 2.79 bits per heavy atom. The summed E-state index contributed by atoms with van der Waals surface area (Å²) in [5, 5.41) is 10.8. The summed E-state index contributed by atoms with van der Waals surface area (Å²) < 4.78 is 18.9. The molecule has 98 valence electrons. The molecule has 0 saturated heterocycles. The van der Waals surface area contributed by atoms with Crippen LogP contribution in [-0.2, 0) is 0 Å². The van der Waals surface area contributed by atoms with Crippen LogP contribution in [0.3, 0.4) is 0 Å². The summed E-state index contributed by atoms with van der Waals surface area (Å²) in [6, 6.07) is 4.46. The first kappa shape index (κ1) is 13.1. The van der Waals surface area contributed by atoms with Crippen molar-refractivity contribution in [2.24, 2.45) is 0 Å². The van der Waals surface area contributed by atoms with Gasteiger partial charge < -0.3 is 10.5 Å². The van der Waals surface area contributed by atoms with Crippen molar-refractivity contribution < 1.29 is 14.1 Å². The molecule has 1 aromatic heterocycles. The molecular formula is C10H6BrFN4O3. The van der Waals surface area contributed by atoms with Crippen molar-refractivity contribution in [2.75, 3.05) is 5.73 Å². The zero-order chi connectivity index (χ0) is 14.0. The van der Waals surface area contributed by atoms with Crippen LogP contribution < -0.4 is 10.5 Å². The molecule has 2 N–H and O–H groups in total. The Bertz CT molecular complexity index is 632. The van der Waals surface area contributed by atoms with E-state index in [1.165, 1.54) is 12.1 Å². The van der Waals surface area contributed by atoms with Crippen LogP contribution in [0.4, 0.5) is 15.9 Å². The molecule has 0 fully saturated rings. The van der Waals surface area contributed by atoms with Crippen LogP contribution >= 0.6 is 15.9 Å². The van der Waals surface area contributed by atoms with E-state index in [1.54, 1.807) is 0 Å². The molecule has 9 heteroatoms. The second kappa shape index (κ2) is 5.14. The number of aromatic nitrogens is 2. The van der Waals surface area contributed by atoms with Gasteiger partial charge in [-0.1, -0.05) is 6.07 Å². The van der Waals surface area contributed by atoms with E-state index in [0.717, 1.165) is 12.1 Å². The van der Waals surface area contributed by atoms with E-state index in [4.69, 9.17) is 10.5 Å². The molecule has 2 rings (SSSR count). The molecule has 1 heterocycles. The summed E-state index contributed by atoms with van der Waals surface area (Å²) in [6.07, 6.45) is 0. The smallest absolute Gasteiger partial charge is 0.325 e. The molecule has 0 aliphatic rings. The van der Waals surface area contributed by atoms with Crippen LogP contribution in [-0.4, -0.2) is 14.9 Å². The molecule has 0 amide bonds. The fourth-order valence-corrected chi connectivity index (χ4v) is 1.68. The first-order valence-corrected chi connectivity index (χ1v) is 5.67. The zero-order valence-electron chi connectivity index (χ0n) is 9.21. The Morgan fingerprint density at radius 1 is 1.42 bits per heavy atom. The number of benzene rings is 1. The maximum absolute atomic E-state index is 13.6. The van der Waals surface area contributed by atoms with Gasteiger partial charge in [-0.25, -0.2) is 4.39 Å². The van der Waals surface area contributed by atoms with Gasteiger partial charge in [0.05, 0.1) is 4.92 Å². The summed E-state index contributed by atoms with van der Waals surface area (Å²) in [4.78, 5) is 17.5. The molecule has 0 aliphatic heterocycles. The quantitative estimate of drug-likeness (QED) is 0.527. The van der Waals surface area contributed by atoms with Crippen molar-refractivity contribution in [1.29, 1.82) is 0 Å². The molecule has 0 radical (unpaired) electrons. The fourth-order valence-electron chi connectivity index (χ4n) is 1.29. The first-order valence-electron chi connectivity index (χ1n) is 4.88. The minimum atomic E-state index is -0.892. The highest BCUT2D eigenvalue weighted by molar-refractivity contribution is 9.10. The number of nitro benzene ring substituents is 1. The Hall–Kier alpha value is -2.29. The Balaban J connectivity index is 2.45. The average molecular weight is 329 g/mol. The SMILES string of the molecule is Nc1cc(Br)nc(Oc2c(F)cccc2[N+](=O)[O-])n1. The van der Waals surface area contributed by atoms with E-state index in [-0.39, 0.29) is 11.8 Å². The molecule has 1 aromatic carbocycles. The molecule has 0 saturated carbocycles. The van der Waals surface area contributed by atoms with E-state index in [1.807, 2.05) is 0 Å². The number of rotatable bonds is 3. The molecule has 2 aromatic rings. The number of para-hydroxylation sites is 1. The normalized spacial score (nSPS) is 10.2. The van der Waals surface area contributed by atoms with Gasteiger partial charge >= 0.3 is 11.7 Å². The maximum Gasteiger partial charge on any atom is 0.325 e. The van der Waals surface area contributed by atoms with Crippen molar-refractivity contribution in [3.05, 3.63) is 44.8 Å². The van der Waals surface area contributed by atoms with Gasteiger partial charge in [0.25, 0.3) is 0 Å². The first-order chi connectivity index (χ1) is 8.97. The highest BCUT2D eigenvalue weighted by Gasteiger charge is 2.21. The van der Waals surface area contributed by atoms with Gasteiger partial charge in [-0.3, -0.25) is 10.1 Å². The van der Waals surface area contributed by atoms with Crippen molar-refractivity contribution >= 4 is 27.4 Å². The Morgan fingerprint density at radius 2 is 2.16 bits per heavy atom. The summed E-state index contributed by atoms with van der Waals surface area (Å²) in [7, 11) is 0. The lowest BCUT2D eigenvalue weighted by atomic mass is 10.3. The lowest BCUT2D eigenvalue weighted by molar-refractivity contribution is -0.385.